The summed E-state index contributed by atoms with van der Waals surface area (Å²) in [5, 5.41) is 0. The van der Waals surface area contributed by atoms with Crippen LogP contribution in [0.4, 0.5) is 0 Å². The van der Waals surface area contributed by atoms with Crippen molar-refractivity contribution in [3.63, 3.8) is 0 Å². The summed E-state index contributed by atoms with van der Waals surface area (Å²) < 4.78 is 12.0. The van der Waals surface area contributed by atoms with Gasteiger partial charge in [-0.3, -0.25) is 4.79 Å². The van der Waals surface area contributed by atoms with Crippen molar-refractivity contribution in [1.82, 2.24) is 0 Å². The summed E-state index contributed by atoms with van der Waals surface area (Å²) in [6, 6.07) is 19.6. The third kappa shape index (κ3) is 1.74. The maximum Gasteiger partial charge on any atom is 0.340 e. The van der Waals surface area contributed by atoms with Gasteiger partial charge in [-0.05, 0) is 30.3 Å². The van der Waals surface area contributed by atoms with Crippen molar-refractivity contribution >= 4 is 11.9 Å². The van der Waals surface area contributed by atoms with Crippen molar-refractivity contribution in [3.05, 3.63) is 94.5 Å². The average molecular weight is 343 g/mol. The molecule has 1 amide bonds. The summed E-state index contributed by atoms with van der Waals surface area (Å²) in [6.45, 7) is 0. The molecule has 5 rings (SSSR count). The number of carbonyl (C=O) groups excluding carboxylic acids is 2. The second kappa shape index (κ2) is 4.95. The summed E-state index contributed by atoms with van der Waals surface area (Å²) in [7, 11) is 0. The van der Waals surface area contributed by atoms with Gasteiger partial charge in [-0.25, -0.2) is 4.79 Å². The van der Waals surface area contributed by atoms with E-state index in [1.165, 1.54) is 0 Å². The fourth-order valence-electron chi connectivity index (χ4n) is 3.77. The van der Waals surface area contributed by atoms with E-state index in [2.05, 4.69) is 0 Å². The van der Waals surface area contributed by atoms with Gasteiger partial charge in [-0.1, -0.05) is 36.4 Å². The maximum absolute atomic E-state index is 12.7. The number of amides is 1. The number of carbonyl (C=O) groups is 2. The molecule has 0 saturated heterocycles. The Balaban J connectivity index is 1.91. The van der Waals surface area contributed by atoms with Gasteiger partial charge in [-0.15, -0.1) is 0 Å². The summed E-state index contributed by atoms with van der Waals surface area (Å²) in [5.41, 5.74) is 7.07. The highest BCUT2D eigenvalue weighted by atomic mass is 16.6. The molecule has 126 valence electrons. The highest BCUT2D eigenvalue weighted by molar-refractivity contribution is 6.00. The quantitative estimate of drug-likeness (QED) is 0.687. The van der Waals surface area contributed by atoms with E-state index in [-0.39, 0.29) is 0 Å². The molecule has 0 bridgehead atoms. The molecule has 26 heavy (non-hydrogen) atoms. The Morgan fingerprint density at radius 2 is 1.46 bits per heavy atom. The minimum absolute atomic E-state index is 0.322. The fourth-order valence-corrected chi connectivity index (χ4v) is 3.77. The Bertz CT molecular complexity index is 1060. The zero-order valence-corrected chi connectivity index (χ0v) is 13.6. The molecule has 3 aromatic carbocycles. The maximum atomic E-state index is 12.7. The fraction of sp³-hybridized carbons (Fsp3) is 0.0476. The van der Waals surface area contributed by atoms with Crippen LogP contribution in [0, 0.1) is 0 Å². The van der Waals surface area contributed by atoms with Gasteiger partial charge in [-0.2, -0.15) is 0 Å². The van der Waals surface area contributed by atoms with E-state index in [0.717, 1.165) is 0 Å². The minimum atomic E-state index is -1.16. The van der Waals surface area contributed by atoms with Gasteiger partial charge >= 0.3 is 5.97 Å². The smallest absolute Gasteiger partial charge is 0.340 e. The Kier molecular flexibility index (Phi) is 2.80. The number of para-hydroxylation sites is 2. The zero-order valence-electron chi connectivity index (χ0n) is 13.6. The summed E-state index contributed by atoms with van der Waals surface area (Å²) in [4.78, 5) is 24.4. The molecule has 0 aliphatic carbocycles. The molecule has 0 saturated carbocycles. The van der Waals surface area contributed by atoms with Gasteiger partial charge in [0.2, 0.25) is 5.91 Å². The summed E-state index contributed by atoms with van der Waals surface area (Å²) in [6.07, 6.45) is 0. The Labute approximate surface area is 149 Å². The third-order valence-electron chi connectivity index (χ3n) is 4.90. The van der Waals surface area contributed by atoms with Gasteiger partial charge in [0.15, 0.2) is 5.60 Å². The largest absolute Gasteiger partial charge is 0.456 e. The van der Waals surface area contributed by atoms with Crippen LogP contribution in [0.1, 0.15) is 37.4 Å². The molecule has 0 unspecified atom stereocenters. The number of rotatable bonds is 1. The predicted molar refractivity (Wildman–Crippen MR) is 93.2 cm³/mol. The van der Waals surface area contributed by atoms with Crippen molar-refractivity contribution in [1.29, 1.82) is 0 Å². The van der Waals surface area contributed by atoms with E-state index in [4.69, 9.17) is 15.2 Å². The van der Waals surface area contributed by atoms with Gasteiger partial charge in [0.25, 0.3) is 0 Å². The van der Waals surface area contributed by atoms with E-state index in [0.29, 0.717) is 39.3 Å². The first-order chi connectivity index (χ1) is 12.6. The first-order valence-corrected chi connectivity index (χ1v) is 8.16. The molecule has 0 atom stereocenters. The topological polar surface area (TPSA) is 78.6 Å². The number of hydrogen-bond acceptors (Lipinski definition) is 4. The number of nitrogens with two attached hydrogens (primary N) is 1. The number of esters is 1. The summed E-state index contributed by atoms with van der Waals surface area (Å²) >= 11 is 0. The lowest BCUT2D eigenvalue weighted by Crippen LogP contribution is -2.33. The molecule has 5 nitrogen and oxygen atoms in total. The van der Waals surface area contributed by atoms with Crippen LogP contribution in [0.2, 0.25) is 0 Å². The van der Waals surface area contributed by atoms with Crippen LogP contribution < -0.4 is 10.5 Å². The first kappa shape index (κ1) is 14.7. The van der Waals surface area contributed by atoms with Crippen LogP contribution >= 0.6 is 0 Å². The number of fused-ring (bicyclic) bond motifs is 6. The number of benzene rings is 3. The molecule has 2 N–H and O–H groups in total. The van der Waals surface area contributed by atoms with Crippen LogP contribution in [0.15, 0.2) is 66.7 Å². The average Bonchev–Trinajstić information content (AvgIpc) is 2.95. The summed E-state index contributed by atoms with van der Waals surface area (Å²) in [5.74, 6) is 0.214. The van der Waals surface area contributed by atoms with Crippen molar-refractivity contribution in [2.75, 3.05) is 0 Å². The molecule has 2 aliphatic rings. The molecule has 2 heterocycles. The van der Waals surface area contributed by atoms with Crippen molar-refractivity contribution < 1.29 is 19.1 Å². The normalized spacial score (nSPS) is 15.5. The molecule has 2 aliphatic heterocycles. The number of hydrogen-bond donors (Lipinski definition) is 1. The van der Waals surface area contributed by atoms with Gasteiger partial charge < -0.3 is 15.2 Å². The van der Waals surface area contributed by atoms with Crippen LogP contribution in [-0.2, 0) is 10.3 Å². The van der Waals surface area contributed by atoms with E-state index in [1.807, 2.05) is 48.5 Å². The highest BCUT2D eigenvalue weighted by Crippen LogP contribution is 2.55. The van der Waals surface area contributed by atoms with E-state index < -0.39 is 17.5 Å². The molecule has 0 fully saturated rings. The molecule has 5 heteroatoms. The van der Waals surface area contributed by atoms with Crippen molar-refractivity contribution in [2.45, 2.75) is 5.60 Å². The van der Waals surface area contributed by atoms with Gasteiger partial charge in [0.1, 0.15) is 11.5 Å². The first-order valence-electron chi connectivity index (χ1n) is 8.16. The van der Waals surface area contributed by atoms with Crippen LogP contribution in [0.25, 0.3) is 0 Å². The van der Waals surface area contributed by atoms with Crippen LogP contribution in [0.5, 0.6) is 11.5 Å². The van der Waals surface area contributed by atoms with E-state index >= 15 is 0 Å². The Morgan fingerprint density at radius 3 is 2.08 bits per heavy atom. The standard InChI is InChI=1S/C21H13NO4/c22-19(23)12-9-10-13-16(11-12)21(26-20(13)24)14-5-1-3-7-17(14)25-18-8-4-2-6-15(18)21/h1-11H,(H2,22,23). The monoisotopic (exact) mass is 343 g/mol. The van der Waals surface area contributed by atoms with Crippen LogP contribution in [-0.4, -0.2) is 11.9 Å². The zero-order chi connectivity index (χ0) is 17.9. The predicted octanol–water partition coefficient (Wildman–Crippen LogP) is 3.35. The number of primary amides is 1. The van der Waals surface area contributed by atoms with E-state index in [1.54, 1.807) is 18.2 Å². The lowest BCUT2D eigenvalue weighted by Gasteiger charge is -2.36. The second-order valence-corrected chi connectivity index (χ2v) is 6.29. The number of ether oxygens (including phenoxy) is 2. The highest BCUT2D eigenvalue weighted by Gasteiger charge is 2.53. The molecule has 3 aromatic rings. The molecular formula is C21H13NO4. The van der Waals surface area contributed by atoms with E-state index in [9.17, 15) is 9.59 Å². The lowest BCUT2D eigenvalue weighted by molar-refractivity contribution is 0.0224. The molecule has 0 aromatic heterocycles. The second-order valence-electron chi connectivity index (χ2n) is 6.29. The van der Waals surface area contributed by atoms with Crippen LogP contribution in [0.3, 0.4) is 0 Å². The lowest BCUT2D eigenvalue weighted by atomic mass is 9.77. The Morgan fingerprint density at radius 1 is 0.846 bits per heavy atom. The minimum Gasteiger partial charge on any atom is -0.456 e. The SMILES string of the molecule is NC(=O)c1ccc2c(c1)C1(OC2=O)c2ccccc2Oc2ccccc21. The Hall–Kier alpha value is -3.60. The van der Waals surface area contributed by atoms with Gasteiger partial charge in [0, 0.05) is 22.3 Å². The molecule has 0 radical (unpaired) electrons. The molecule has 1 spiro atoms. The molecular weight excluding hydrogens is 330 g/mol. The van der Waals surface area contributed by atoms with Crippen molar-refractivity contribution in [2.24, 2.45) is 5.73 Å². The third-order valence-corrected chi connectivity index (χ3v) is 4.90. The van der Waals surface area contributed by atoms with Crippen molar-refractivity contribution in [3.8, 4) is 11.5 Å². The van der Waals surface area contributed by atoms with Gasteiger partial charge in [0.05, 0.1) is 5.56 Å².